The molecule has 0 rings (SSSR count). The van der Waals surface area contributed by atoms with Crippen molar-refractivity contribution in [2.75, 3.05) is 0 Å². The van der Waals surface area contributed by atoms with Crippen LogP contribution < -0.4 is 4.72 Å². The molecule has 4 nitrogen and oxygen atoms in total. The molecule has 1 atom stereocenters. The number of rotatable bonds is 1. The van der Waals surface area contributed by atoms with Gasteiger partial charge >= 0.3 is 0 Å². The summed E-state index contributed by atoms with van der Waals surface area (Å²) in [7, 11) is 0. The summed E-state index contributed by atoms with van der Waals surface area (Å²) < 4.78 is 20.3. The van der Waals surface area contributed by atoms with Crippen LogP contribution in [0.15, 0.2) is 0 Å². The fourth-order valence-corrected chi connectivity index (χ4v) is 0.437. The highest BCUT2D eigenvalue weighted by Gasteiger charge is 1.84. The van der Waals surface area contributed by atoms with E-state index in [1.54, 1.807) is 0 Å². The van der Waals surface area contributed by atoms with E-state index in [2.05, 4.69) is 12.6 Å². The lowest BCUT2D eigenvalue weighted by Gasteiger charge is -2.00. The minimum absolute atomic E-state index is 0.881. The van der Waals surface area contributed by atoms with Crippen molar-refractivity contribution in [1.82, 2.24) is 4.72 Å². The number of carbonyl (C=O) groups is 1. The lowest BCUT2D eigenvalue weighted by molar-refractivity contribution is 0.265. The third-order valence-electron chi connectivity index (χ3n) is 0.171. The highest BCUT2D eigenvalue weighted by Crippen LogP contribution is 1.74. The van der Waals surface area contributed by atoms with Crippen molar-refractivity contribution >= 4 is 29.1 Å². The lowest BCUT2D eigenvalue weighted by Crippen LogP contribution is -2.18. The number of carbonyl (C=O) groups excluding carboxylic acids is 1. The maximum atomic E-state index is 9.61. The molecule has 0 aromatic rings. The monoisotopic (exact) mass is 140 g/mol. The first-order chi connectivity index (χ1) is 3.13. The molecule has 0 aliphatic rings. The molecule has 1 amide bonds. The Balaban J connectivity index is 3.32. The summed E-state index contributed by atoms with van der Waals surface area (Å²) in [6, 6.07) is 0. The second-order valence-electron chi connectivity index (χ2n) is 0.642. The van der Waals surface area contributed by atoms with Crippen LogP contribution in [0.25, 0.3) is 0 Å². The van der Waals surface area contributed by atoms with Crippen molar-refractivity contribution in [2.45, 2.75) is 0 Å². The Morgan fingerprint density at radius 1 is 1.86 bits per heavy atom. The van der Waals surface area contributed by atoms with Gasteiger partial charge in [0.15, 0.2) is 0 Å². The van der Waals surface area contributed by atoms with E-state index in [4.69, 9.17) is 0 Å². The van der Waals surface area contributed by atoms with Crippen LogP contribution in [0.5, 0.6) is 0 Å². The Morgan fingerprint density at radius 3 is 2.29 bits per heavy atom. The van der Waals surface area contributed by atoms with Crippen LogP contribution in [-0.2, 0) is 11.3 Å². The first-order valence-corrected chi connectivity index (χ1v) is 2.74. The van der Waals surface area contributed by atoms with Gasteiger partial charge < -0.3 is 4.55 Å². The van der Waals surface area contributed by atoms with E-state index in [1.807, 2.05) is 0 Å². The third kappa shape index (κ3) is 5.93. The second kappa shape index (κ2) is 3.00. The van der Waals surface area contributed by atoms with Gasteiger partial charge in [-0.15, -0.1) is 0 Å². The molecule has 42 valence electrons. The first kappa shape index (κ1) is 6.93. The van der Waals surface area contributed by atoms with Gasteiger partial charge in [-0.25, -0.2) is 0 Å². The number of hydrogen-bond donors (Lipinski definition) is 2. The van der Waals surface area contributed by atoms with E-state index < -0.39 is 16.5 Å². The molecule has 0 radical (unpaired) electrons. The van der Waals surface area contributed by atoms with Gasteiger partial charge in [0, 0.05) is 11.3 Å². The Kier molecular flexibility index (Phi) is 2.97. The van der Waals surface area contributed by atoms with E-state index in [0.717, 1.165) is 0 Å². The van der Waals surface area contributed by atoms with Crippen molar-refractivity contribution in [3.63, 3.8) is 0 Å². The van der Waals surface area contributed by atoms with Gasteiger partial charge in [-0.3, -0.25) is 13.7 Å². The molecule has 0 spiro atoms. The fraction of sp³-hybridized carbons (Fsp3) is 0. The van der Waals surface area contributed by atoms with Crippen LogP contribution in [0, 0.1) is 0 Å². The topological polar surface area (TPSA) is 69.2 Å². The van der Waals surface area contributed by atoms with Crippen molar-refractivity contribution in [3.8, 4) is 0 Å². The summed E-state index contributed by atoms with van der Waals surface area (Å²) in [4.78, 5) is 9.61. The lowest BCUT2D eigenvalue weighted by atomic mass is 11.5. The van der Waals surface area contributed by atoms with E-state index >= 15 is 0 Å². The number of nitrogens with one attached hydrogen (secondary N) is 1. The smallest absolute Gasteiger partial charge is 0.286 e. The molecule has 1 N–H and O–H groups in total. The van der Waals surface area contributed by atoms with Crippen LogP contribution in [0.2, 0.25) is 0 Å². The summed E-state index contributed by atoms with van der Waals surface area (Å²) in [6.07, 6.45) is 0. The summed E-state index contributed by atoms with van der Waals surface area (Å²) >= 11 is 0.573. The standard InChI is InChI=1S/CH3NO3S2/c3-1(6)2-7(4)5/h(H,4,5)(H2,2,3,6)/p-1. The quantitative estimate of drug-likeness (QED) is 0.378. The zero-order valence-electron chi connectivity index (χ0n) is 3.08. The number of amides is 1. The summed E-state index contributed by atoms with van der Waals surface area (Å²) in [6.45, 7) is 0. The average Bonchev–Trinajstić information content (AvgIpc) is 1.27. The van der Waals surface area contributed by atoms with Gasteiger partial charge in [0.25, 0.3) is 5.24 Å². The van der Waals surface area contributed by atoms with Gasteiger partial charge in [0.2, 0.25) is 0 Å². The van der Waals surface area contributed by atoms with Gasteiger partial charge in [0.05, 0.1) is 0 Å². The van der Waals surface area contributed by atoms with Crippen molar-refractivity contribution in [3.05, 3.63) is 0 Å². The first-order valence-electron chi connectivity index (χ1n) is 1.22. The van der Waals surface area contributed by atoms with Gasteiger partial charge in [-0.1, -0.05) is 12.6 Å². The molecule has 0 saturated heterocycles. The van der Waals surface area contributed by atoms with Crippen molar-refractivity contribution in [2.24, 2.45) is 0 Å². The van der Waals surface area contributed by atoms with Crippen molar-refractivity contribution < 1.29 is 13.6 Å². The summed E-state index contributed by atoms with van der Waals surface area (Å²) in [5.41, 5.74) is 0. The molecule has 0 aromatic carbocycles. The van der Waals surface area contributed by atoms with E-state index in [1.165, 1.54) is 4.72 Å². The molecule has 6 heteroatoms. The minimum Gasteiger partial charge on any atom is -0.755 e. The molecule has 0 saturated carbocycles. The largest absolute Gasteiger partial charge is 0.755 e. The molecular weight excluding hydrogens is 138 g/mol. The highest BCUT2D eigenvalue weighted by molar-refractivity contribution is 7.98. The SMILES string of the molecule is O=C(S)NS(=O)[O-]. The van der Waals surface area contributed by atoms with Gasteiger partial charge in [-0.2, -0.15) is 0 Å². The highest BCUT2D eigenvalue weighted by atomic mass is 32.2. The predicted molar refractivity (Wildman–Crippen MR) is 26.4 cm³/mol. The molecule has 0 fully saturated rings. The van der Waals surface area contributed by atoms with Crippen molar-refractivity contribution in [1.29, 1.82) is 0 Å². The maximum absolute atomic E-state index is 9.61. The van der Waals surface area contributed by atoms with Crippen LogP contribution >= 0.6 is 12.6 Å². The molecule has 7 heavy (non-hydrogen) atoms. The van der Waals surface area contributed by atoms with Crippen LogP contribution in [0.4, 0.5) is 4.79 Å². The normalized spacial score (nSPS) is 12.9. The molecule has 0 aliphatic heterocycles. The Labute approximate surface area is 48.1 Å². The van der Waals surface area contributed by atoms with Gasteiger partial charge in [0.1, 0.15) is 0 Å². The Morgan fingerprint density at radius 2 is 2.29 bits per heavy atom. The Bertz CT molecular complexity index is 89.1. The Hall–Kier alpha value is -0.0700. The van der Waals surface area contributed by atoms with Crippen LogP contribution in [0.1, 0.15) is 0 Å². The molecule has 0 aromatic heterocycles. The summed E-state index contributed by atoms with van der Waals surface area (Å²) in [5, 5.41) is -0.881. The zero-order chi connectivity index (χ0) is 5.86. The molecule has 0 bridgehead atoms. The molecule has 1 unspecified atom stereocenters. The van der Waals surface area contributed by atoms with E-state index in [0.29, 0.717) is 0 Å². The molecule has 0 heterocycles. The third-order valence-corrected chi connectivity index (χ3v) is 0.786. The molecular formula is CH2NO3S2-. The average molecular weight is 140 g/mol. The molecule has 0 aliphatic carbocycles. The zero-order valence-corrected chi connectivity index (χ0v) is 4.79. The van der Waals surface area contributed by atoms with E-state index in [-0.39, 0.29) is 0 Å². The van der Waals surface area contributed by atoms with E-state index in [9.17, 15) is 13.6 Å². The van der Waals surface area contributed by atoms with Crippen LogP contribution in [-0.4, -0.2) is 14.0 Å². The summed E-state index contributed by atoms with van der Waals surface area (Å²) in [5.74, 6) is 0. The fourth-order valence-electron chi connectivity index (χ4n) is 0.0713. The minimum atomic E-state index is -2.52. The number of thiol groups is 1. The second-order valence-corrected chi connectivity index (χ2v) is 1.72. The van der Waals surface area contributed by atoms with Gasteiger partial charge in [-0.05, 0) is 0 Å². The number of hydrogen-bond acceptors (Lipinski definition) is 3. The predicted octanol–water partition coefficient (Wildman–Crippen LogP) is -0.580. The van der Waals surface area contributed by atoms with Crippen LogP contribution in [0.3, 0.4) is 0 Å². The maximum Gasteiger partial charge on any atom is 0.286 e.